The zero-order chi connectivity index (χ0) is 20.5. The number of benzene rings is 3. The van der Waals surface area contributed by atoms with Crippen LogP contribution in [0.25, 0.3) is 26.5 Å². The minimum Gasteiger partial charge on any atom is -0.382 e. The van der Waals surface area contributed by atoms with Gasteiger partial charge in [-0.1, -0.05) is 65.9 Å². The highest BCUT2D eigenvalue weighted by atomic mass is 32.1. The Morgan fingerprint density at radius 1 is 0.933 bits per heavy atom. The molecular formula is C23H16N6S. The SMILES string of the molecule is N#Cc1c(Nc2cccc(-c3ccccc3)c2)nn(-c2nc3ccccc3s2)c1N. The standard InChI is InChI=1S/C23H16N6S/c24-14-18-21(25)29(23-27-19-11-4-5-12-20(19)30-23)28-22(18)26-17-10-6-9-16(13-17)15-7-2-1-3-8-15/h1-13H,25H2,(H,26,28). The lowest BCUT2D eigenvalue weighted by Crippen LogP contribution is -2.01. The third-order valence-electron chi connectivity index (χ3n) is 4.73. The number of aromatic nitrogens is 3. The quantitative estimate of drug-likeness (QED) is 0.418. The number of hydrogen-bond acceptors (Lipinski definition) is 6. The number of rotatable bonds is 4. The van der Waals surface area contributed by atoms with E-state index in [1.807, 2.05) is 66.7 Å². The molecule has 0 fully saturated rings. The highest BCUT2D eigenvalue weighted by Crippen LogP contribution is 2.31. The van der Waals surface area contributed by atoms with Crippen molar-refractivity contribution in [2.45, 2.75) is 0 Å². The van der Waals surface area contributed by atoms with Crippen molar-refractivity contribution in [1.82, 2.24) is 14.8 Å². The Bertz CT molecular complexity index is 1360. The van der Waals surface area contributed by atoms with Gasteiger partial charge in [0.15, 0.2) is 5.82 Å². The summed E-state index contributed by atoms with van der Waals surface area (Å²) in [5.74, 6) is 0.665. The fourth-order valence-corrected chi connectivity index (χ4v) is 4.20. The maximum absolute atomic E-state index is 9.67. The molecule has 7 heteroatoms. The summed E-state index contributed by atoms with van der Waals surface area (Å²) >= 11 is 1.48. The van der Waals surface area contributed by atoms with Crippen molar-refractivity contribution in [2.24, 2.45) is 0 Å². The molecular weight excluding hydrogens is 392 g/mol. The molecule has 3 N–H and O–H groups in total. The Morgan fingerprint density at radius 3 is 2.50 bits per heavy atom. The van der Waals surface area contributed by atoms with Crippen molar-refractivity contribution in [3.8, 4) is 22.3 Å². The van der Waals surface area contributed by atoms with Gasteiger partial charge < -0.3 is 11.1 Å². The largest absolute Gasteiger partial charge is 0.382 e. The molecule has 0 saturated heterocycles. The molecule has 0 aliphatic rings. The summed E-state index contributed by atoms with van der Waals surface area (Å²) < 4.78 is 2.55. The molecule has 5 rings (SSSR count). The van der Waals surface area contributed by atoms with Crippen LogP contribution in [0.3, 0.4) is 0 Å². The molecule has 30 heavy (non-hydrogen) atoms. The van der Waals surface area contributed by atoms with Gasteiger partial charge in [0.05, 0.1) is 10.2 Å². The van der Waals surface area contributed by atoms with E-state index >= 15 is 0 Å². The molecule has 0 unspecified atom stereocenters. The van der Waals surface area contributed by atoms with Crippen molar-refractivity contribution in [1.29, 1.82) is 5.26 Å². The third-order valence-corrected chi connectivity index (χ3v) is 5.74. The Balaban J connectivity index is 1.53. The number of nitrogens with one attached hydrogen (secondary N) is 1. The molecule has 0 aliphatic carbocycles. The lowest BCUT2D eigenvalue weighted by molar-refractivity contribution is 0.887. The van der Waals surface area contributed by atoms with E-state index in [0.29, 0.717) is 16.5 Å². The smallest absolute Gasteiger partial charge is 0.213 e. The molecule has 0 amide bonds. The van der Waals surface area contributed by atoms with Crippen LogP contribution in [0.2, 0.25) is 0 Å². The van der Waals surface area contributed by atoms with E-state index in [-0.39, 0.29) is 5.82 Å². The molecule has 0 saturated carbocycles. The molecule has 0 atom stereocenters. The highest BCUT2D eigenvalue weighted by molar-refractivity contribution is 7.20. The van der Waals surface area contributed by atoms with Crippen molar-refractivity contribution in [3.63, 3.8) is 0 Å². The predicted molar refractivity (Wildman–Crippen MR) is 121 cm³/mol. The first-order valence-electron chi connectivity index (χ1n) is 9.30. The van der Waals surface area contributed by atoms with Gasteiger partial charge in [-0.3, -0.25) is 0 Å². The minimum absolute atomic E-state index is 0.262. The predicted octanol–water partition coefficient (Wildman–Crippen LogP) is 5.35. The Kier molecular flexibility index (Phi) is 4.39. The van der Waals surface area contributed by atoms with Gasteiger partial charge in [0, 0.05) is 5.69 Å². The first kappa shape index (κ1) is 17.9. The van der Waals surface area contributed by atoms with Crippen LogP contribution in [0.5, 0.6) is 0 Å². The number of anilines is 3. The molecule has 2 aromatic heterocycles. The molecule has 3 aromatic carbocycles. The number of hydrogen-bond donors (Lipinski definition) is 2. The zero-order valence-electron chi connectivity index (χ0n) is 15.8. The van der Waals surface area contributed by atoms with Gasteiger partial charge in [-0.2, -0.15) is 9.94 Å². The number of nitrogens with two attached hydrogens (primary N) is 1. The topological polar surface area (TPSA) is 92.5 Å². The zero-order valence-corrected chi connectivity index (χ0v) is 16.6. The summed E-state index contributed by atoms with van der Waals surface area (Å²) in [5, 5.41) is 18.1. The van der Waals surface area contributed by atoms with E-state index in [2.05, 4.69) is 33.6 Å². The summed E-state index contributed by atoms with van der Waals surface area (Å²) in [5.41, 5.74) is 10.4. The third kappa shape index (κ3) is 3.15. The summed E-state index contributed by atoms with van der Waals surface area (Å²) in [6.45, 7) is 0. The van der Waals surface area contributed by atoms with Crippen LogP contribution < -0.4 is 11.1 Å². The van der Waals surface area contributed by atoms with Crippen LogP contribution in [0.4, 0.5) is 17.3 Å². The molecule has 5 aromatic rings. The molecule has 0 radical (unpaired) electrons. The van der Waals surface area contributed by atoms with Crippen LogP contribution in [-0.4, -0.2) is 14.8 Å². The van der Waals surface area contributed by atoms with Crippen LogP contribution in [-0.2, 0) is 0 Å². The number of fused-ring (bicyclic) bond motifs is 1. The van der Waals surface area contributed by atoms with Crippen LogP contribution in [0.15, 0.2) is 78.9 Å². The van der Waals surface area contributed by atoms with Crippen LogP contribution >= 0.6 is 11.3 Å². The maximum atomic E-state index is 9.67. The first-order chi connectivity index (χ1) is 14.7. The van der Waals surface area contributed by atoms with E-state index in [1.165, 1.54) is 16.0 Å². The maximum Gasteiger partial charge on any atom is 0.213 e. The molecule has 2 heterocycles. The normalized spacial score (nSPS) is 10.8. The second-order valence-electron chi connectivity index (χ2n) is 6.67. The lowest BCUT2D eigenvalue weighted by atomic mass is 10.1. The van der Waals surface area contributed by atoms with E-state index < -0.39 is 0 Å². The summed E-state index contributed by atoms with van der Waals surface area (Å²) in [4.78, 5) is 4.60. The Labute approximate surface area is 176 Å². The van der Waals surface area contributed by atoms with Crippen molar-refractivity contribution < 1.29 is 0 Å². The van der Waals surface area contributed by atoms with Crippen molar-refractivity contribution >= 4 is 38.9 Å². The van der Waals surface area contributed by atoms with E-state index in [1.54, 1.807) is 0 Å². The van der Waals surface area contributed by atoms with E-state index in [4.69, 9.17) is 5.73 Å². The van der Waals surface area contributed by atoms with Crippen LogP contribution in [0, 0.1) is 11.3 Å². The number of nitrogen functional groups attached to an aromatic ring is 1. The average molecular weight is 408 g/mol. The Hall–Kier alpha value is -4.15. The number of nitrogens with zero attached hydrogens (tertiary/aromatic N) is 4. The molecule has 0 bridgehead atoms. The second-order valence-corrected chi connectivity index (χ2v) is 7.68. The average Bonchev–Trinajstić information content (AvgIpc) is 3.35. The fourth-order valence-electron chi connectivity index (χ4n) is 3.27. The first-order valence-corrected chi connectivity index (χ1v) is 10.1. The number of thiazole rings is 1. The second kappa shape index (κ2) is 7.35. The monoisotopic (exact) mass is 408 g/mol. The van der Waals surface area contributed by atoms with E-state index in [9.17, 15) is 5.26 Å². The molecule has 0 spiro atoms. The Morgan fingerprint density at radius 2 is 1.70 bits per heavy atom. The number of nitriles is 1. The summed E-state index contributed by atoms with van der Waals surface area (Å²) in [6.07, 6.45) is 0. The van der Waals surface area contributed by atoms with Gasteiger partial charge >= 0.3 is 0 Å². The van der Waals surface area contributed by atoms with Crippen molar-refractivity contribution in [3.05, 3.63) is 84.4 Å². The molecule has 144 valence electrons. The van der Waals surface area contributed by atoms with Gasteiger partial charge in [-0.05, 0) is 35.4 Å². The van der Waals surface area contributed by atoms with Gasteiger partial charge in [-0.25, -0.2) is 4.98 Å². The summed E-state index contributed by atoms with van der Waals surface area (Å²) in [6, 6.07) is 28.1. The minimum atomic E-state index is 0.262. The van der Waals surface area contributed by atoms with Crippen LogP contribution in [0.1, 0.15) is 5.56 Å². The van der Waals surface area contributed by atoms with E-state index in [0.717, 1.165) is 27.0 Å². The molecule has 0 aliphatic heterocycles. The lowest BCUT2D eigenvalue weighted by Gasteiger charge is -2.07. The van der Waals surface area contributed by atoms with Gasteiger partial charge in [0.2, 0.25) is 5.13 Å². The van der Waals surface area contributed by atoms with Gasteiger partial charge in [0.25, 0.3) is 0 Å². The van der Waals surface area contributed by atoms with Gasteiger partial charge in [0.1, 0.15) is 17.5 Å². The summed E-state index contributed by atoms with van der Waals surface area (Å²) in [7, 11) is 0. The van der Waals surface area contributed by atoms with Crippen molar-refractivity contribution in [2.75, 3.05) is 11.1 Å². The van der Waals surface area contributed by atoms with Gasteiger partial charge in [-0.15, -0.1) is 5.10 Å². The number of para-hydroxylation sites is 1. The fraction of sp³-hybridized carbons (Fsp3) is 0. The highest BCUT2D eigenvalue weighted by Gasteiger charge is 2.19. The molecule has 6 nitrogen and oxygen atoms in total.